The topological polar surface area (TPSA) is 178 Å². The molecule has 4 rings (SSSR count). The van der Waals surface area contributed by atoms with Crippen molar-refractivity contribution in [2.24, 2.45) is 0 Å². The van der Waals surface area contributed by atoms with Crippen LogP contribution in [0.4, 0.5) is 14.4 Å². The predicted octanol–water partition coefficient (Wildman–Crippen LogP) is 15.4. The van der Waals surface area contributed by atoms with Crippen LogP contribution in [0.1, 0.15) is 205 Å². The lowest BCUT2D eigenvalue weighted by molar-refractivity contribution is -0.170. The van der Waals surface area contributed by atoms with Gasteiger partial charge in [-0.3, -0.25) is 9.59 Å². The van der Waals surface area contributed by atoms with E-state index in [1.165, 1.54) is 12.1 Å². The molecule has 0 aromatic heterocycles. The van der Waals surface area contributed by atoms with Crippen molar-refractivity contribution >= 4 is 30.4 Å². The van der Waals surface area contributed by atoms with Gasteiger partial charge < -0.3 is 47.4 Å². The molecule has 0 radical (unpaired) electrons. The fraction of sp³-hybridized carbons (Fsp3) is 0.547. The van der Waals surface area contributed by atoms with Gasteiger partial charge in [-0.2, -0.15) is 0 Å². The molecule has 0 fully saturated rings. The molecule has 0 saturated heterocycles. The van der Waals surface area contributed by atoms with E-state index in [9.17, 15) is 24.0 Å². The second-order valence-corrected chi connectivity index (χ2v) is 27.3. The molecule has 4 aromatic carbocycles. The summed E-state index contributed by atoms with van der Waals surface area (Å²) in [7, 11) is 0. The molecule has 0 aliphatic heterocycles. The minimum Gasteiger partial charge on any atom is -0.467 e. The molecule has 0 heterocycles. The van der Waals surface area contributed by atoms with E-state index in [1.54, 1.807) is 106 Å². The molecule has 0 spiro atoms. The Bertz CT molecular complexity index is 2810. The van der Waals surface area contributed by atoms with Crippen molar-refractivity contribution in [1.82, 2.24) is 0 Å². The number of ether oxygens (including phenoxy) is 10. The van der Waals surface area contributed by atoms with E-state index in [0.29, 0.717) is 39.3 Å². The van der Waals surface area contributed by atoms with Crippen LogP contribution < -0.4 is 18.9 Å². The number of benzene rings is 4. The van der Waals surface area contributed by atoms with E-state index in [0.717, 1.165) is 11.1 Å². The number of rotatable bonds is 15. The van der Waals surface area contributed by atoms with Crippen LogP contribution in [0.5, 0.6) is 23.0 Å². The molecule has 0 amide bonds. The lowest BCUT2D eigenvalue weighted by Crippen LogP contribution is -2.37. The zero-order chi connectivity index (χ0) is 60.1. The zero-order valence-electron chi connectivity index (χ0n) is 51.3. The number of hydrogen-bond donors (Lipinski definition) is 0. The smallest absolute Gasteiger partial charge is 0.467 e. The molecule has 0 bridgehead atoms. The molecule has 0 aliphatic rings. The van der Waals surface area contributed by atoms with Crippen LogP contribution in [0, 0.1) is 0 Å². The fourth-order valence-electron chi connectivity index (χ4n) is 8.27. The van der Waals surface area contributed by atoms with E-state index in [2.05, 4.69) is 20.8 Å². The standard InChI is InChI=1S/C64H88O15/c1-56(2,3)45-34-41(26-31-48(45)70-39-73-59(10,11)12)63(22,42-27-32-49(46(35-42)57(4,5)6)75-54(68)78-61(16,17)18)37-51(65)71-38-72-52(66)64(23,40-24-29-44(30-25-40)74-53(67)77-60(13,14)15)43-28-33-50(47(36-43)58(7,8)9)76-55(69)79-62(19,20)21/h24-36H,37-39H2,1-23H3. The quantitative estimate of drug-likeness (QED) is 0.0475. The molecule has 15 nitrogen and oxygen atoms in total. The Morgan fingerprint density at radius 1 is 0.380 bits per heavy atom. The van der Waals surface area contributed by atoms with Crippen LogP contribution in [0.25, 0.3) is 0 Å². The van der Waals surface area contributed by atoms with Crippen LogP contribution in [-0.4, -0.2) is 66.4 Å². The van der Waals surface area contributed by atoms with Gasteiger partial charge in [0.1, 0.15) is 45.2 Å². The first-order valence-electron chi connectivity index (χ1n) is 26.7. The molecule has 2 atom stereocenters. The number of esters is 2. The van der Waals surface area contributed by atoms with E-state index < -0.39 is 86.7 Å². The number of hydrogen-bond acceptors (Lipinski definition) is 15. The highest BCUT2D eigenvalue weighted by Crippen LogP contribution is 2.45. The van der Waals surface area contributed by atoms with Crippen molar-refractivity contribution in [1.29, 1.82) is 0 Å². The molecule has 0 aliphatic carbocycles. The Morgan fingerprint density at radius 2 is 0.747 bits per heavy atom. The van der Waals surface area contributed by atoms with Crippen molar-refractivity contribution in [3.63, 3.8) is 0 Å². The Hall–Kier alpha value is -6.61. The first kappa shape index (κ1) is 64.9. The normalized spacial score (nSPS) is 14.2. The van der Waals surface area contributed by atoms with Crippen LogP contribution in [0.15, 0.2) is 78.9 Å². The van der Waals surface area contributed by atoms with Gasteiger partial charge in [0.15, 0.2) is 6.79 Å². The minimum atomic E-state index is -1.60. The lowest BCUT2D eigenvalue weighted by atomic mass is 9.70. The summed E-state index contributed by atoms with van der Waals surface area (Å²) in [4.78, 5) is 68.0. The van der Waals surface area contributed by atoms with Crippen LogP contribution in [0.3, 0.4) is 0 Å². The number of carbonyl (C=O) groups excluding carboxylic acids is 5. The van der Waals surface area contributed by atoms with Crippen molar-refractivity contribution in [2.75, 3.05) is 13.6 Å². The zero-order valence-corrected chi connectivity index (χ0v) is 51.3. The monoisotopic (exact) mass is 1100 g/mol. The molecule has 79 heavy (non-hydrogen) atoms. The average molecular weight is 1100 g/mol. The Balaban J connectivity index is 1.81. The summed E-state index contributed by atoms with van der Waals surface area (Å²) in [6.07, 6.45) is -2.89. The van der Waals surface area contributed by atoms with E-state index in [1.807, 2.05) is 99.6 Å². The van der Waals surface area contributed by atoms with Crippen molar-refractivity contribution in [2.45, 2.75) is 215 Å². The van der Waals surface area contributed by atoms with Crippen molar-refractivity contribution in [3.05, 3.63) is 118 Å². The molecular weight excluding hydrogens is 1010 g/mol. The van der Waals surface area contributed by atoms with Gasteiger partial charge in [0, 0.05) is 16.5 Å². The molecule has 434 valence electrons. The van der Waals surface area contributed by atoms with Gasteiger partial charge in [0.2, 0.25) is 6.79 Å². The second kappa shape index (κ2) is 24.0. The largest absolute Gasteiger partial charge is 0.514 e. The van der Waals surface area contributed by atoms with Gasteiger partial charge >= 0.3 is 30.4 Å². The van der Waals surface area contributed by atoms with Crippen LogP contribution in [0.2, 0.25) is 0 Å². The highest BCUT2D eigenvalue weighted by atomic mass is 16.7. The highest BCUT2D eigenvalue weighted by Gasteiger charge is 2.42. The molecule has 0 saturated carbocycles. The van der Waals surface area contributed by atoms with E-state index in [-0.39, 0.29) is 24.7 Å². The van der Waals surface area contributed by atoms with E-state index >= 15 is 0 Å². The van der Waals surface area contributed by atoms with Crippen LogP contribution >= 0.6 is 0 Å². The lowest BCUT2D eigenvalue weighted by Gasteiger charge is -2.34. The number of carbonyl (C=O) groups is 5. The Kier molecular flexibility index (Phi) is 19.7. The maximum atomic E-state index is 14.9. The molecular formula is C64H88O15. The average Bonchev–Trinajstić information content (AvgIpc) is 3.25. The van der Waals surface area contributed by atoms with Crippen LogP contribution in [-0.2, 0) is 65.1 Å². The summed E-state index contributed by atoms with van der Waals surface area (Å²) in [6, 6.07) is 22.5. The summed E-state index contributed by atoms with van der Waals surface area (Å²) in [5, 5.41) is 0. The predicted molar refractivity (Wildman–Crippen MR) is 303 cm³/mol. The van der Waals surface area contributed by atoms with Gasteiger partial charge in [0.25, 0.3) is 0 Å². The Labute approximate surface area is 469 Å². The summed E-state index contributed by atoms with van der Waals surface area (Å²) in [5.41, 5.74) is -2.73. The molecule has 0 N–H and O–H groups in total. The van der Waals surface area contributed by atoms with E-state index in [4.69, 9.17) is 47.4 Å². The van der Waals surface area contributed by atoms with Gasteiger partial charge in [0.05, 0.1) is 12.0 Å². The maximum Gasteiger partial charge on any atom is 0.514 e. The third kappa shape index (κ3) is 18.8. The molecule has 15 heteroatoms. The first-order valence-corrected chi connectivity index (χ1v) is 26.7. The summed E-state index contributed by atoms with van der Waals surface area (Å²) in [5.74, 6) is -0.183. The Morgan fingerprint density at radius 3 is 1.15 bits per heavy atom. The minimum absolute atomic E-state index is 0.0146. The summed E-state index contributed by atoms with van der Waals surface area (Å²) < 4.78 is 57.3. The van der Waals surface area contributed by atoms with Gasteiger partial charge in [-0.1, -0.05) is 118 Å². The fourth-order valence-corrected chi connectivity index (χ4v) is 8.27. The van der Waals surface area contributed by atoms with Gasteiger partial charge in [-0.15, -0.1) is 0 Å². The molecule has 4 aromatic rings. The first-order chi connectivity index (χ1) is 35.8. The third-order valence-electron chi connectivity index (χ3n) is 12.4. The summed E-state index contributed by atoms with van der Waals surface area (Å²) >= 11 is 0. The SMILES string of the molecule is CC(C)(C)OCOc1ccc(C(C)(CC(=O)OCOC(=O)C(C)(c2ccc(OC(=O)OC(C)(C)C)cc2)c2ccc(OC(=O)OC(C)(C)C)c(C(C)(C)C)c2)c2ccc(OC(=O)OC(C)(C)C)c(C(C)(C)C)c2)cc1C(C)(C)C. The second-order valence-electron chi connectivity index (χ2n) is 27.3. The molecule has 2 unspecified atom stereocenters. The highest BCUT2D eigenvalue weighted by molar-refractivity contribution is 5.88. The summed E-state index contributed by atoms with van der Waals surface area (Å²) in [6.45, 7) is 42.3. The third-order valence-corrected chi connectivity index (χ3v) is 12.4. The van der Waals surface area contributed by atoms with Crippen molar-refractivity contribution in [3.8, 4) is 23.0 Å². The van der Waals surface area contributed by atoms with Gasteiger partial charge in [-0.05, 0) is 164 Å². The van der Waals surface area contributed by atoms with Gasteiger partial charge in [-0.25, -0.2) is 14.4 Å². The van der Waals surface area contributed by atoms with Crippen molar-refractivity contribution < 1.29 is 71.3 Å². The maximum absolute atomic E-state index is 14.9.